The molecular weight excluding hydrogens is 292 g/mol. The van der Waals surface area contributed by atoms with Crippen molar-refractivity contribution in [3.05, 3.63) is 0 Å². The van der Waals surface area contributed by atoms with E-state index in [1.165, 1.54) is 13.8 Å². The SMILES string of the molecule is CCOC(=O)C(F)(F)C(=O)OCC.OCC(F)(F)CO. The molecule has 10 heteroatoms. The van der Waals surface area contributed by atoms with Gasteiger partial charge < -0.3 is 19.7 Å². The fraction of sp³-hybridized carbons (Fsp3) is 0.800. The minimum Gasteiger partial charge on any atom is -0.461 e. The molecule has 6 nitrogen and oxygen atoms in total. The Morgan fingerprint density at radius 3 is 1.35 bits per heavy atom. The summed E-state index contributed by atoms with van der Waals surface area (Å²) in [5, 5.41) is 15.4. The van der Waals surface area contributed by atoms with Crippen LogP contribution in [-0.4, -0.2) is 60.4 Å². The Kier molecular flexibility index (Phi) is 9.90. The third kappa shape index (κ3) is 7.89. The first-order valence-electron chi connectivity index (χ1n) is 5.40. The second kappa shape index (κ2) is 9.48. The average Bonchev–Trinajstić information content (AvgIpc) is 2.40. The molecule has 0 aliphatic heterocycles. The predicted octanol–water partition coefficient (Wildman–Crippen LogP) is 0.354. The Balaban J connectivity index is 0. The third-order valence-corrected chi connectivity index (χ3v) is 1.53. The molecule has 20 heavy (non-hydrogen) atoms. The molecule has 0 radical (unpaired) electrons. The molecule has 0 atom stereocenters. The summed E-state index contributed by atoms with van der Waals surface area (Å²) in [6.07, 6.45) is 0. The fourth-order valence-corrected chi connectivity index (χ4v) is 0.577. The maximum atomic E-state index is 12.6. The van der Waals surface area contributed by atoms with Crippen molar-refractivity contribution in [2.45, 2.75) is 25.7 Å². The molecule has 0 aromatic heterocycles. The molecule has 0 fully saturated rings. The highest BCUT2D eigenvalue weighted by atomic mass is 19.3. The van der Waals surface area contributed by atoms with Crippen LogP contribution >= 0.6 is 0 Å². The van der Waals surface area contributed by atoms with Crippen LogP contribution in [0.2, 0.25) is 0 Å². The number of rotatable bonds is 6. The topological polar surface area (TPSA) is 93.1 Å². The lowest BCUT2D eigenvalue weighted by molar-refractivity contribution is -0.190. The lowest BCUT2D eigenvalue weighted by Gasteiger charge is -2.12. The first-order chi connectivity index (χ1) is 9.08. The van der Waals surface area contributed by atoms with Crippen LogP contribution in [0.25, 0.3) is 0 Å². The van der Waals surface area contributed by atoms with E-state index >= 15 is 0 Å². The highest BCUT2D eigenvalue weighted by molar-refractivity contribution is 6.01. The van der Waals surface area contributed by atoms with E-state index < -0.39 is 37.0 Å². The van der Waals surface area contributed by atoms with Crippen LogP contribution in [0.4, 0.5) is 17.6 Å². The first-order valence-corrected chi connectivity index (χ1v) is 5.40. The molecule has 0 aromatic carbocycles. The van der Waals surface area contributed by atoms with E-state index in [0.717, 1.165) is 0 Å². The van der Waals surface area contributed by atoms with Gasteiger partial charge in [0.1, 0.15) is 13.2 Å². The normalized spacial score (nSPS) is 11.2. The molecule has 0 aliphatic carbocycles. The zero-order valence-electron chi connectivity index (χ0n) is 10.9. The van der Waals surface area contributed by atoms with Gasteiger partial charge in [0.05, 0.1) is 13.2 Å². The van der Waals surface area contributed by atoms with Crippen molar-refractivity contribution in [2.24, 2.45) is 0 Å². The van der Waals surface area contributed by atoms with E-state index in [4.69, 9.17) is 10.2 Å². The van der Waals surface area contributed by atoms with Gasteiger partial charge in [0.2, 0.25) is 0 Å². The highest BCUT2D eigenvalue weighted by Crippen LogP contribution is 2.17. The molecule has 0 saturated carbocycles. The number of aliphatic hydroxyl groups excluding tert-OH is 2. The minimum atomic E-state index is -4.20. The summed E-state index contributed by atoms with van der Waals surface area (Å²) >= 11 is 0. The molecule has 0 amide bonds. The molecule has 0 unspecified atom stereocenters. The smallest absolute Gasteiger partial charge is 0.437 e. The zero-order chi connectivity index (χ0) is 16.4. The lowest BCUT2D eigenvalue weighted by atomic mass is 10.3. The fourth-order valence-electron chi connectivity index (χ4n) is 0.577. The largest absolute Gasteiger partial charge is 0.461 e. The van der Waals surface area contributed by atoms with Crippen LogP contribution in [0.3, 0.4) is 0 Å². The predicted molar refractivity (Wildman–Crippen MR) is 57.3 cm³/mol. The summed E-state index contributed by atoms with van der Waals surface area (Å²) in [5.41, 5.74) is 0. The lowest BCUT2D eigenvalue weighted by Crippen LogP contribution is -2.40. The van der Waals surface area contributed by atoms with Crippen molar-refractivity contribution in [1.29, 1.82) is 0 Å². The van der Waals surface area contributed by atoms with Gasteiger partial charge in [-0.25, -0.2) is 18.4 Å². The molecule has 0 aromatic rings. The molecule has 0 saturated heterocycles. The monoisotopic (exact) mass is 308 g/mol. The maximum absolute atomic E-state index is 12.6. The molecular formula is C10H16F4O6. The van der Waals surface area contributed by atoms with Crippen LogP contribution in [0.15, 0.2) is 0 Å². The van der Waals surface area contributed by atoms with Crippen molar-refractivity contribution >= 4 is 11.9 Å². The van der Waals surface area contributed by atoms with Crippen molar-refractivity contribution in [1.82, 2.24) is 0 Å². The summed E-state index contributed by atoms with van der Waals surface area (Å²) in [6.45, 7) is -0.285. The molecule has 0 aliphatic rings. The molecule has 0 rings (SSSR count). The third-order valence-electron chi connectivity index (χ3n) is 1.53. The van der Waals surface area contributed by atoms with Crippen LogP contribution in [-0.2, 0) is 19.1 Å². The first kappa shape index (κ1) is 20.9. The van der Waals surface area contributed by atoms with Gasteiger partial charge in [-0.2, -0.15) is 8.78 Å². The number of alkyl halides is 4. The van der Waals surface area contributed by atoms with Gasteiger partial charge in [-0.15, -0.1) is 0 Å². The number of carbonyl (C=O) groups excluding carboxylic acids is 2. The Labute approximate surface area is 112 Å². The molecule has 120 valence electrons. The number of ether oxygens (including phenoxy) is 2. The van der Waals surface area contributed by atoms with Crippen LogP contribution < -0.4 is 0 Å². The number of esters is 2. The van der Waals surface area contributed by atoms with E-state index in [1.807, 2.05) is 0 Å². The summed E-state index contributed by atoms with van der Waals surface area (Å²) in [6, 6.07) is 0. The van der Waals surface area contributed by atoms with Gasteiger partial charge in [-0.05, 0) is 13.8 Å². The maximum Gasteiger partial charge on any atom is 0.437 e. The van der Waals surface area contributed by atoms with E-state index in [2.05, 4.69) is 9.47 Å². The van der Waals surface area contributed by atoms with Crippen LogP contribution in [0.5, 0.6) is 0 Å². The summed E-state index contributed by atoms with van der Waals surface area (Å²) in [7, 11) is 0. The van der Waals surface area contributed by atoms with E-state index in [1.54, 1.807) is 0 Å². The highest BCUT2D eigenvalue weighted by Gasteiger charge is 2.50. The standard InChI is InChI=1S/C7H10F2O4.C3H6F2O2/c1-3-12-5(10)7(8,9)6(11)13-4-2;4-3(5,1-6)2-7/h3-4H2,1-2H3;6-7H,1-2H2. The summed E-state index contributed by atoms with van der Waals surface area (Å²) < 4.78 is 56.0. The second-order valence-electron chi connectivity index (χ2n) is 3.19. The van der Waals surface area contributed by atoms with Gasteiger partial charge in [-0.3, -0.25) is 0 Å². The van der Waals surface area contributed by atoms with Gasteiger partial charge >= 0.3 is 17.9 Å². The van der Waals surface area contributed by atoms with Crippen LogP contribution in [0.1, 0.15) is 13.8 Å². The Hall–Kier alpha value is -1.42. The quantitative estimate of drug-likeness (QED) is 0.418. The Bertz CT molecular complexity index is 282. The number of aliphatic hydroxyl groups is 2. The van der Waals surface area contributed by atoms with Crippen molar-refractivity contribution in [2.75, 3.05) is 26.4 Å². The average molecular weight is 308 g/mol. The number of halogens is 4. The summed E-state index contributed by atoms with van der Waals surface area (Å²) in [5.74, 6) is -11.3. The molecule has 0 spiro atoms. The van der Waals surface area contributed by atoms with Gasteiger partial charge in [-0.1, -0.05) is 0 Å². The molecule has 0 bridgehead atoms. The number of carbonyl (C=O) groups is 2. The number of hydrogen-bond acceptors (Lipinski definition) is 6. The van der Waals surface area contributed by atoms with Gasteiger partial charge in [0, 0.05) is 0 Å². The van der Waals surface area contributed by atoms with E-state index in [9.17, 15) is 27.2 Å². The van der Waals surface area contributed by atoms with E-state index in [-0.39, 0.29) is 13.2 Å². The van der Waals surface area contributed by atoms with Crippen molar-refractivity contribution < 1.29 is 46.8 Å². The van der Waals surface area contributed by atoms with Gasteiger partial charge in [0.15, 0.2) is 0 Å². The van der Waals surface area contributed by atoms with E-state index in [0.29, 0.717) is 0 Å². The number of hydrogen-bond donors (Lipinski definition) is 2. The Morgan fingerprint density at radius 2 is 1.20 bits per heavy atom. The van der Waals surface area contributed by atoms with Gasteiger partial charge in [0.25, 0.3) is 5.92 Å². The second-order valence-corrected chi connectivity index (χ2v) is 3.19. The molecule has 2 N–H and O–H groups in total. The Morgan fingerprint density at radius 1 is 0.900 bits per heavy atom. The van der Waals surface area contributed by atoms with Crippen molar-refractivity contribution in [3.8, 4) is 0 Å². The minimum absolute atomic E-state index is 0.214. The van der Waals surface area contributed by atoms with Crippen molar-refractivity contribution in [3.63, 3.8) is 0 Å². The summed E-state index contributed by atoms with van der Waals surface area (Å²) in [4.78, 5) is 21.0. The van der Waals surface area contributed by atoms with Crippen LogP contribution in [0, 0.1) is 0 Å². The molecule has 0 heterocycles. The zero-order valence-corrected chi connectivity index (χ0v) is 10.9.